The number of aromatic nitrogens is 2. The van der Waals surface area contributed by atoms with Crippen molar-refractivity contribution in [3.63, 3.8) is 0 Å². The Morgan fingerprint density at radius 1 is 1.33 bits per heavy atom. The molecule has 1 atom stereocenters. The summed E-state index contributed by atoms with van der Waals surface area (Å²) in [6.07, 6.45) is 0. The van der Waals surface area contributed by atoms with Crippen molar-refractivity contribution in [3.8, 4) is 0 Å². The van der Waals surface area contributed by atoms with Gasteiger partial charge in [-0.25, -0.2) is 4.98 Å². The van der Waals surface area contributed by atoms with Gasteiger partial charge < -0.3 is 20.3 Å². The number of amides is 2. The number of fused-ring (bicyclic) bond motifs is 1. The number of piperazine rings is 1. The molecule has 8 nitrogen and oxygen atoms in total. The number of imidazole rings is 1. The fourth-order valence-electron chi connectivity index (χ4n) is 3.80. The van der Waals surface area contributed by atoms with Gasteiger partial charge in [0.25, 0.3) is 5.91 Å². The Balaban J connectivity index is 1.84. The molecule has 2 amide bonds. The van der Waals surface area contributed by atoms with Crippen molar-refractivity contribution in [1.29, 1.82) is 0 Å². The van der Waals surface area contributed by atoms with Crippen molar-refractivity contribution in [2.24, 2.45) is 5.73 Å². The van der Waals surface area contributed by atoms with Crippen LogP contribution in [0.1, 0.15) is 30.0 Å². The summed E-state index contributed by atoms with van der Waals surface area (Å²) in [5.74, 6) is 0.263. The Hall–Kier alpha value is -2.45. The third-order valence-corrected chi connectivity index (χ3v) is 5.21. The molecular formula is C19H27N5O3. The van der Waals surface area contributed by atoms with E-state index in [-0.39, 0.29) is 18.6 Å². The van der Waals surface area contributed by atoms with E-state index in [0.29, 0.717) is 31.7 Å². The molecule has 8 heteroatoms. The zero-order valence-electron chi connectivity index (χ0n) is 16.1. The summed E-state index contributed by atoms with van der Waals surface area (Å²) in [7, 11) is 0. The first-order valence-corrected chi connectivity index (χ1v) is 9.25. The van der Waals surface area contributed by atoms with Gasteiger partial charge in [0.1, 0.15) is 11.9 Å². The van der Waals surface area contributed by atoms with Crippen molar-refractivity contribution >= 4 is 22.8 Å². The molecule has 1 saturated heterocycles. The highest BCUT2D eigenvalue weighted by Crippen LogP contribution is 2.20. The van der Waals surface area contributed by atoms with Crippen LogP contribution in [0.2, 0.25) is 0 Å². The minimum atomic E-state index is -0.475. The zero-order valence-corrected chi connectivity index (χ0v) is 16.1. The van der Waals surface area contributed by atoms with Gasteiger partial charge in [-0.3, -0.25) is 14.5 Å². The van der Waals surface area contributed by atoms with E-state index in [2.05, 4.69) is 4.98 Å². The van der Waals surface area contributed by atoms with Crippen molar-refractivity contribution < 1.29 is 14.7 Å². The van der Waals surface area contributed by atoms with Crippen molar-refractivity contribution in [2.45, 2.75) is 39.4 Å². The smallest absolute Gasteiger partial charge is 0.254 e. The van der Waals surface area contributed by atoms with E-state index >= 15 is 0 Å². The molecule has 2 aromatic rings. The predicted molar refractivity (Wildman–Crippen MR) is 102 cm³/mol. The highest BCUT2D eigenvalue weighted by Gasteiger charge is 2.34. The van der Waals surface area contributed by atoms with E-state index in [1.807, 2.05) is 36.3 Å². The van der Waals surface area contributed by atoms with Gasteiger partial charge in [-0.2, -0.15) is 0 Å². The molecule has 0 unspecified atom stereocenters. The lowest BCUT2D eigenvalue weighted by Crippen LogP contribution is -2.61. The van der Waals surface area contributed by atoms with E-state index in [1.54, 1.807) is 17.0 Å². The van der Waals surface area contributed by atoms with Crippen molar-refractivity contribution in [2.75, 3.05) is 26.2 Å². The van der Waals surface area contributed by atoms with Crippen molar-refractivity contribution in [3.05, 3.63) is 29.6 Å². The van der Waals surface area contributed by atoms with Crippen LogP contribution in [-0.4, -0.2) is 74.6 Å². The Labute approximate surface area is 158 Å². The number of benzene rings is 1. The first kappa shape index (κ1) is 19.3. The lowest BCUT2D eigenvalue weighted by molar-refractivity contribution is -0.126. The van der Waals surface area contributed by atoms with Crippen LogP contribution in [0.3, 0.4) is 0 Å². The Kier molecular flexibility index (Phi) is 5.48. The van der Waals surface area contributed by atoms with E-state index in [4.69, 9.17) is 5.73 Å². The van der Waals surface area contributed by atoms with Crippen LogP contribution in [0.4, 0.5) is 0 Å². The van der Waals surface area contributed by atoms with Crippen LogP contribution >= 0.6 is 0 Å². The van der Waals surface area contributed by atoms with Crippen LogP contribution in [0.15, 0.2) is 18.2 Å². The van der Waals surface area contributed by atoms with Crippen molar-refractivity contribution in [1.82, 2.24) is 19.4 Å². The maximum Gasteiger partial charge on any atom is 0.254 e. The fraction of sp³-hybridized carbons (Fsp3) is 0.526. The molecule has 0 aliphatic carbocycles. The van der Waals surface area contributed by atoms with Crippen LogP contribution in [0.5, 0.6) is 0 Å². The van der Waals surface area contributed by atoms with E-state index in [0.717, 1.165) is 16.9 Å². The molecule has 1 fully saturated rings. The molecule has 0 spiro atoms. The van der Waals surface area contributed by atoms with Gasteiger partial charge in [-0.05, 0) is 39.0 Å². The summed E-state index contributed by atoms with van der Waals surface area (Å²) in [4.78, 5) is 33.1. The van der Waals surface area contributed by atoms with Crippen LogP contribution in [0, 0.1) is 6.92 Å². The second kappa shape index (κ2) is 7.66. The number of carbonyl (C=O) groups excluding carboxylic acids is 2. The van der Waals surface area contributed by atoms with Crippen LogP contribution in [-0.2, 0) is 11.3 Å². The molecule has 1 aliphatic heterocycles. The van der Waals surface area contributed by atoms with E-state index < -0.39 is 11.9 Å². The molecule has 1 aromatic heterocycles. The normalized spacial score (nSPS) is 18.4. The number of carbonyl (C=O) groups is 2. The molecule has 1 aliphatic rings. The third-order valence-electron chi connectivity index (χ3n) is 5.21. The number of rotatable bonds is 5. The summed E-state index contributed by atoms with van der Waals surface area (Å²) >= 11 is 0. The quantitative estimate of drug-likeness (QED) is 0.787. The maximum atomic E-state index is 13.0. The third kappa shape index (κ3) is 3.68. The monoisotopic (exact) mass is 373 g/mol. The SMILES string of the molecule is Cc1nc2cc(C(=O)N3CCN(C(C)C)[C@@H](C(N)=O)C3)ccc2n1CCO. The number of aliphatic hydroxyl groups excluding tert-OH is 1. The lowest BCUT2D eigenvalue weighted by atomic mass is 10.1. The fourth-order valence-corrected chi connectivity index (χ4v) is 3.80. The Morgan fingerprint density at radius 3 is 2.70 bits per heavy atom. The average Bonchev–Trinajstić information content (AvgIpc) is 2.95. The number of aliphatic hydroxyl groups is 1. The summed E-state index contributed by atoms with van der Waals surface area (Å²) in [6.45, 7) is 7.87. The first-order valence-electron chi connectivity index (χ1n) is 9.25. The van der Waals surface area contributed by atoms with Crippen LogP contribution in [0.25, 0.3) is 11.0 Å². The Morgan fingerprint density at radius 2 is 2.07 bits per heavy atom. The van der Waals surface area contributed by atoms with Gasteiger partial charge in [0.2, 0.25) is 5.91 Å². The molecule has 27 heavy (non-hydrogen) atoms. The molecule has 0 bridgehead atoms. The predicted octanol–water partition coefficient (Wildman–Crippen LogP) is 0.357. The summed E-state index contributed by atoms with van der Waals surface area (Å²) in [5.41, 5.74) is 7.71. The highest BCUT2D eigenvalue weighted by atomic mass is 16.3. The van der Waals surface area contributed by atoms with Gasteiger partial charge in [-0.15, -0.1) is 0 Å². The minimum absolute atomic E-state index is 0.0294. The molecular weight excluding hydrogens is 346 g/mol. The number of aryl methyl sites for hydroxylation is 1. The van der Waals surface area contributed by atoms with Gasteiger partial charge >= 0.3 is 0 Å². The molecule has 0 radical (unpaired) electrons. The highest BCUT2D eigenvalue weighted by molar-refractivity contribution is 5.98. The molecule has 2 heterocycles. The maximum absolute atomic E-state index is 13.0. The number of hydrogen-bond acceptors (Lipinski definition) is 5. The topological polar surface area (TPSA) is 105 Å². The van der Waals surface area contributed by atoms with E-state index in [9.17, 15) is 14.7 Å². The number of hydrogen-bond donors (Lipinski definition) is 2. The molecule has 3 rings (SSSR count). The van der Waals surface area contributed by atoms with Crippen LogP contribution < -0.4 is 5.73 Å². The number of nitrogens with two attached hydrogens (primary N) is 1. The standard InChI is InChI=1S/C19H27N5O3/c1-12(2)23-7-6-22(11-17(23)18(20)26)19(27)14-4-5-16-15(10-14)21-13(3)24(16)8-9-25/h4-5,10,12,17,25H,6-9,11H2,1-3H3,(H2,20,26)/t17-/m1/s1. The number of nitrogens with zero attached hydrogens (tertiary/aromatic N) is 4. The summed E-state index contributed by atoms with van der Waals surface area (Å²) in [5, 5.41) is 9.21. The molecule has 1 aromatic carbocycles. The van der Waals surface area contributed by atoms with Gasteiger partial charge in [0.15, 0.2) is 0 Å². The minimum Gasteiger partial charge on any atom is -0.395 e. The Bertz CT molecular complexity index is 860. The average molecular weight is 373 g/mol. The van der Waals surface area contributed by atoms with Gasteiger partial charge in [0, 0.05) is 37.8 Å². The van der Waals surface area contributed by atoms with Gasteiger partial charge in [0.05, 0.1) is 17.6 Å². The second-order valence-electron chi connectivity index (χ2n) is 7.24. The molecule has 0 saturated carbocycles. The largest absolute Gasteiger partial charge is 0.395 e. The lowest BCUT2D eigenvalue weighted by Gasteiger charge is -2.42. The zero-order chi connectivity index (χ0) is 19.7. The first-order chi connectivity index (χ1) is 12.8. The molecule has 3 N–H and O–H groups in total. The van der Waals surface area contributed by atoms with Gasteiger partial charge in [-0.1, -0.05) is 0 Å². The second-order valence-corrected chi connectivity index (χ2v) is 7.24. The molecule has 146 valence electrons. The van der Waals surface area contributed by atoms with E-state index in [1.165, 1.54) is 0 Å². The summed E-state index contributed by atoms with van der Waals surface area (Å²) in [6, 6.07) is 5.11. The summed E-state index contributed by atoms with van der Waals surface area (Å²) < 4.78 is 1.92. The number of primary amides is 1.